The van der Waals surface area contributed by atoms with Gasteiger partial charge in [0.2, 0.25) is 0 Å². The number of carbonyl (C=O) groups is 2. The molecule has 0 N–H and O–H groups in total. The molecule has 0 rings (SSSR count). The lowest BCUT2D eigenvalue weighted by molar-refractivity contribution is -0.117. The first-order chi connectivity index (χ1) is 5.13. The van der Waals surface area contributed by atoms with Gasteiger partial charge in [0, 0.05) is 12.8 Å². The highest BCUT2D eigenvalue weighted by Crippen LogP contribution is 2.03. The van der Waals surface area contributed by atoms with Gasteiger partial charge in [0.15, 0.2) is 0 Å². The molecule has 0 spiro atoms. The SMILES string of the molecule is CC(=O)CCCCCC(C)=O. The average molecular weight is 156 g/mol. The summed E-state index contributed by atoms with van der Waals surface area (Å²) in [5.41, 5.74) is 0. The lowest BCUT2D eigenvalue weighted by Gasteiger charge is -1.95. The molecule has 0 bridgehead atoms. The molecule has 0 amide bonds. The van der Waals surface area contributed by atoms with Crippen molar-refractivity contribution in [3.63, 3.8) is 0 Å². The molecule has 0 fully saturated rings. The molecule has 64 valence electrons. The molecule has 0 heterocycles. The largest absolute Gasteiger partial charge is 0.300 e. The van der Waals surface area contributed by atoms with Crippen molar-refractivity contribution in [3.05, 3.63) is 0 Å². The van der Waals surface area contributed by atoms with E-state index < -0.39 is 0 Å². The molecule has 0 saturated carbocycles. The third-order valence-electron chi connectivity index (χ3n) is 1.56. The maximum absolute atomic E-state index is 10.5. The topological polar surface area (TPSA) is 34.1 Å². The van der Waals surface area contributed by atoms with Crippen molar-refractivity contribution in [2.75, 3.05) is 0 Å². The Kier molecular flexibility index (Phi) is 5.71. The number of carbonyl (C=O) groups excluding carboxylic acids is 2. The minimum atomic E-state index is 0.243. The van der Waals surface area contributed by atoms with Crippen molar-refractivity contribution in [2.24, 2.45) is 0 Å². The Morgan fingerprint density at radius 2 is 1.18 bits per heavy atom. The van der Waals surface area contributed by atoms with Crippen molar-refractivity contribution >= 4 is 11.6 Å². The number of hydrogen-bond acceptors (Lipinski definition) is 2. The van der Waals surface area contributed by atoms with Gasteiger partial charge >= 0.3 is 0 Å². The molecule has 0 aliphatic heterocycles. The summed E-state index contributed by atoms with van der Waals surface area (Å²) < 4.78 is 0. The second-order valence-electron chi connectivity index (χ2n) is 2.96. The van der Waals surface area contributed by atoms with Gasteiger partial charge in [0.1, 0.15) is 11.6 Å². The minimum Gasteiger partial charge on any atom is -0.300 e. The molecule has 0 aromatic rings. The van der Waals surface area contributed by atoms with Gasteiger partial charge in [0.25, 0.3) is 0 Å². The molecule has 0 aliphatic carbocycles. The zero-order valence-electron chi connectivity index (χ0n) is 7.35. The van der Waals surface area contributed by atoms with E-state index >= 15 is 0 Å². The fraction of sp³-hybridized carbons (Fsp3) is 0.778. The first-order valence-corrected chi connectivity index (χ1v) is 4.12. The minimum absolute atomic E-state index is 0.243. The van der Waals surface area contributed by atoms with Crippen LogP contribution < -0.4 is 0 Å². The summed E-state index contributed by atoms with van der Waals surface area (Å²) in [6.45, 7) is 3.20. The van der Waals surface area contributed by atoms with Gasteiger partial charge < -0.3 is 9.59 Å². The van der Waals surface area contributed by atoms with Crippen LogP contribution in [0.4, 0.5) is 0 Å². The highest BCUT2D eigenvalue weighted by molar-refractivity contribution is 5.75. The third kappa shape index (κ3) is 9.34. The first kappa shape index (κ1) is 10.3. The van der Waals surface area contributed by atoms with Crippen LogP contribution in [0.2, 0.25) is 0 Å². The van der Waals surface area contributed by atoms with E-state index in [4.69, 9.17) is 0 Å². The second kappa shape index (κ2) is 6.08. The molecule has 0 atom stereocenters. The molecule has 11 heavy (non-hydrogen) atoms. The van der Waals surface area contributed by atoms with Crippen LogP contribution in [0.5, 0.6) is 0 Å². The smallest absolute Gasteiger partial charge is 0.129 e. The second-order valence-corrected chi connectivity index (χ2v) is 2.96. The highest BCUT2D eigenvalue weighted by atomic mass is 16.1. The summed E-state index contributed by atoms with van der Waals surface area (Å²) in [6, 6.07) is 0. The Bertz CT molecular complexity index is 122. The molecule has 0 aromatic heterocycles. The Morgan fingerprint density at radius 3 is 1.45 bits per heavy atom. The normalized spacial score (nSPS) is 9.64. The van der Waals surface area contributed by atoms with E-state index in [1.165, 1.54) is 0 Å². The molecule has 0 saturated heterocycles. The zero-order chi connectivity index (χ0) is 8.69. The number of unbranched alkanes of at least 4 members (excludes halogenated alkanes) is 2. The standard InChI is InChI=1S/C9H16O2/c1-8(10)6-4-3-5-7-9(2)11/h3-7H2,1-2H3. The van der Waals surface area contributed by atoms with Crippen molar-refractivity contribution in [1.82, 2.24) is 0 Å². The summed E-state index contributed by atoms with van der Waals surface area (Å²) in [5.74, 6) is 0.487. The van der Waals surface area contributed by atoms with Gasteiger partial charge in [-0.2, -0.15) is 0 Å². The van der Waals surface area contributed by atoms with E-state index in [1.807, 2.05) is 0 Å². The van der Waals surface area contributed by atoms with Gasteiger partial charge in [-0.05, 0) is 26.7 Å². The maximum atomic E-state index is 10.5. The van der Waals surface area contributed by atoms with E-state index in [9.17, 15) is 9.59 Å². The number of Topliss-reactive ketones (excluding diaryl/α,β-unsaturated/α-hetero) is 2. The summed E-state index contributed by atoms with van der Waals surface area (Å²) >= 11 is 0. The Morgan fingerprint density at radius 1 is 0.818 bits per heavy atom. The van der Waals surface area contributed by atoms with E-state index in [0.29, 0.717) is 12.8 Å². The lowest BCUT2D eigenvalue weighted by atomic mass is 10.1. The van der Waals surface area contributed by atoms with Crippen molar-refractivity contribution in [1.29, 1.82) is 0 Å². The average Bonchev–Trinajstić information content (AvgIpc) is 1.85. The van der Waals surface area contributed by atoms with Crippen LogP contribution in [0.15, 0.2) is 0 Å². The lowest BCUT2D eigenvalue weighted by Crippen LogP contribution is -1.92. The molecule has 2 heteroatoms. The van der Waals surface area contributed by atoms with Crippen molar-refractivity contribution in [3.8, 4) is 0 Å². The Hall–Kier alpha value is -0.660. The maximum Gasteiger partial charge on any atom is 0.129 e. The van der Waals surface area contributed by atoms with Crippen molar-refractivity contribution < 1.29 is 9.59 Å². The molecule has 0 aromatic carbocycles. The van der Waals surface area contributed by atoms with Crippen LogP contribution in [-0.4, -0.2) is 11.6 Å². The molecular formula is C9H16O2. The molecule has 0 aliphatic rings. The highest BCUT2D eigenvalue weighted by Gasteiger charge is 1.95. The van der Waals surface area contributed by atoms with E-state index in [1.54, 1.807) is 13.8 Å². The van der Waals surface area contributed by atoms with E-state index in [2.05, 4.69) is 0 Å². The first-order valence-electron chi connectivity index (χ1n) is 4.12. The third-order valence-corrected chi connectivity index (χ3v) is 1.56. The molecule has 0 unspecified atom stereocenters. The number of hydrogen-bond donors (Lipinski definition) is 0. The van der Waals surface area contributed by atoms with Gasteiger partial charge in [-0.15, -0.1) is 0 Å². The number of rotatable bonds is 6. The summed E-state index contributed by atoms with van der Waals surface area (Å²) in [4.78, 5) is 20.9. The van der Waals surface area contributed by atoms with Crippen LogP contribution in [0.3, 0.4) is 0 Å². The zero-order valence-corrected chi connectivity index (χ0v) is 7.35. The van der Waals surface area contributed by atoms with Gasteiger partial charge in [0.05, 0.1) is 0 Å². The summed E-state index contributed by atoms with van der Waals surface area (Å²) in [5, 5.41) is 0. The van der Waals surface area contributed by atoms with Gasteiger partial charge in [-0.1, -0.05) is 6.42 Å². The van der Waals surface area contributed by atoms with Gasteiger partial charge in [-0.3, -0.25) is 0 Å². The Labute approximate surface area is 68.0 Å². The fourth-order valence-electron chi connectivity index (χ4n) is 0.925. The van der Waals surface area contributed by atoms with Crippen LogP contribution in [0.1, 0.15) is 46.0 Å². The van der Waals surface area contributed by atoms with Crippen LogP contribution in [0.25, 0.3) is 0 Å². The van der Waals surface area contributed by atoms with E-state index in [0.717, 1.165) is 19.3 Å². The predicted octanol–water partition coefficient (Wildman–Crippen LogP) is 2.11. The Balaban J connectivity index is 3.03. The molecule has 0 radical (unpaired) electrons. The monoisotopic (exact) mass is 156 g/mol. The van der Waals surface area contributed by atoms with Crippen molar-refractivity contribution in [2.45, 2.75) is 46.0 Å². The fourth-order valence-corrected chi connectivity index (χ4v) is 0.925. The van der Waals surface area contributed by atoms with Crippen LogP contribution in [0, 0.1) is 0 Å². The summed E-state index contributed by atoms with van der Waals surface area (Å²) in [6.07, 6.45) is 4.19. The summed E-state index contributed by atoms with van der Waals surface area (Å²) in [7, 11) is 0. The molecule has 2 nitrogen and oxygen atoms in total. The van der Waals surface area contributed by atoms with Gasteiger partial charge in [-0.25, -0.2) is 0 Å². The van der Waals surface area contributed by atoms with Crippen LogP contribution >= 0.6 is 0 Å². The predicted molar refractivity (Wildman–Crippen MR) is 44.4 cm³/mol. The quantitative estimate of drug-likeness (QED) is 0.552. The van der Waals surface area contributed by atoms with E-state index in [-0.39, 0.29) is 11.6 Å². The van der Waals surface area contributed by atoms with Crippen LogP contribution in [-0.2, 0) is 9.59 Å². The molecular weight excluding hydrogens is 140 g/mol. The number of ketones is 2.